The summed E-state index contributed by atoms with van der Waals surface area (Å²) in [6.45, 7) is 2.04. The van der Waals surface area contributed by atoms with Gasteiger partial charge in [0.25, 0.3) is 0 Å². The molecule has 0 aromatic carbocycles. The third kappa shape index (κ3) is 1.25. The van der Waals surface area contributed by atoms with Gasteiger partial charge >= 0.3 is 5.97 Å². The number of hydrogen-bond acceptors (Lipinski definition) is 2. The van der Waals surface area contributed by atoms with Crippen LogP contribution in [-0.2, 0) is 4.79 Å². The Bertz CT molecular complexity index is 365. The molecule has 2 atom stereocenters. The lowest BCUT2D eigenvalue weighted by atomic mass is 9.93. The van der Waals surface area contributed by atoms with Crippen molar-refractivity contribution in [3.63, 3.8) is 0 Å². The molecular formula is C11H13NO2. The van der Waals surface area contributed by atoms with Gasteiger partial charge in [0.2, 0.25) is 0 Å². The number of aliphatic carboxylic acids is 1. The van der Waals surface area contributed by atoms with Gasteiger partial charge in [-0.1, -0.05) is 18.2 Å². The lowest BCUT2D eigenvalue weighted by molar-refractivity contribution is -0.132. The van der Waals surface area contributed by atoms with E-state index in [9.17, 15) is 4.79 Å². The van der Waals surface area contributed by atoms with Crippen molar-refractivity contribution >= 4 is 5.97 Å². The third-order valence-electron chi connectivity index (χ3n) is 2.92. The second kappa shape index (κ2) is 3.01. The van der Waals surface area contributed by atoms with Crippen LogP contribution in [0.15, 0.2) is 35.6 Å². The molecule has 3 nitrogen and oxygen atoms in total. The minimum absolute atomic E-state index is 0.219. The Hall–Kier alpha value is -1.51. The van der Waals surface area contributed by atoms with Crippen LogP contribution >= 0.6 is 0 Å². The quantitative estimate of drug-likeness (QED) is 0.681. The van der Waals surface area contributed by atoms with Crippen molar-refractivity contribution in [3.8, 4) is 0 Å². The predicted octanol–water partition coefficient (Wildman–Crippen LogP) is 1.40. The maximum atomic E-state index is 10.8. The van der Waals surface area contributed by atoms with E-state index in [2.05, 4.69) is 11.0 Å². The van der Waals surface area contributed by atoms with Gasteiger partial charge in [-0.25, -0.2) is 4.79 Å². The van der Waals surface area contributed by atoms with E-state index in [-0.39, 0.29) is 5.92 Å². The minimum Gasteiger partial charge on any atom is -0.478 e. The minimum atomic E-state index is -0.847. The topological polar surface area (TPSA) is 40.5 Å². The Labute approximate surface area is 83.0 Å². The fraction of sp³-hybridized carbons (Fsp3) is 0.364. The molecule has 2 unspecified atom stereocenters. The van der Waals surface area contributed by atoms with Crippen LogP contribution in [0.1, 0.15) is 6.92 Å². The number of rotatable bonds is 1. The molecule has 0 aromatic rings. The van der Waals surface area contributed by atoms with Gasteiger partial charge in [0.1, 0.15) is 0 Å². The Kier molecular flexibility index (Phi) is 1.95. The first-order valence-electron chi connectivity index (χ1n) is 4.64. The van der Waals surface area contributed by atoms with Gasteiger partial charge < -0.3 is 10.0 Å². The summed E-state index contributed by atoms with van der Waals surface area (Å²) in [7, 11) is 2.03. The molecule has 3 heteroatoms. The molecule has 14 heavy (non-hydrogen) atoms. The molecule has 74 valence electrons. The predicted molar refractivity (Wildman–Crippen MR) is 53.7 cm³/mol. The van der Waals surface area contributed by atoms with Crippen molar-refractivity contribution in [2.24, 2.45) is 5.92 Å². The molecule has 0 aromatic heterocycles. The van der Waals surface area contributed by atoms with E-state index in [0.717, 1.165) is 0 Å². The number of allylic oxidation sites excluding steroid dienone is 1. The van der Waals surface area contributed by atoms with Gasteiger partial charge in [-0.05, 0) is 13.0 Å². The Morgan fingerprint density at radius 2 is 2.21 bits per heavy atom. The second-order valence-electron chi connectivity index (χ2n) is 3.77. The fourth-order valence-electron chi connectivity index (χ4n) is 2.00. The molecule has 0 radical (unpaired) electrons. The molecular weight excluding hydrogens is 178 g/mol. The Morgan fingerprint density at radius 3 is 2.86 bits per heavy atom. The van der Waals surface area contributed by atoms with Crippen LogP contribution < -0.4 is 0 Å². The maximum Gasteiger partial charge on any atom is 0.335 e. The first kappa shape index (κ1) is 9.06. The molecule has 0 spiro atoms. The first-order chi connectivity index (χ1) is 6.59. The zero-order valence-electron chi connectivity index (χ0n) is 8.27. The lowest BCUT2D eigenvalue weighted by Crippen LogP contribution is -2.29. The van der Waals surface area contributed by atoms with Gasteiger partial charge in [-0.3, -0.25) is 0 Å². The van der Waals surface area contributed by atoms with Crippen molar-refractivity contribution in [3.05, 3.63) is 35.6 Å². The van der Waals surface area contributed by atoms with Gasteiger partial charge in [0.05, 0.1) is 11.6 Å². The number of carboxylic acids is 1. The van der Waals surface area contributed by atoms with Crippen molar-refractivity contribution in [2.75, 3.05) is 7.05 Å². The summed E-state index contributed by atoms with van der Waals surface area (Å²) in [4.78, 5) is 12.9. The molecule has 0 bridgehead atoms. The second-order valence-corrected chi connectivity index (χ2v) is 3.77. The van der Waals surface area contributed by atoms with E-state index in [1.165, 1.54) is 5.70 Å². The van der Waals surface area contributed by atoms with E-state index in [4.69, 9.17) is 5.11 Å². The van der Waals surface area contributed by atoms with E-state index in [1.807, 2.05) is 26.1 Å². The average Bonchev–Trinajstić information content (AvgIpc) is 2.42. The highest BCUT2D eigenvalue weighted by atomic mass is 16.4. The Balaban J connectivity index is 2.29. The average molecular weight is 191 g/mol. The van der Waals surface area contributed by atoms with Crippen LogP contribution in [0.5, 0.6) is 0 Å². The summed E-state index contributed by atoms with van der Waals surface area (Å²) in [6, 6.07) is 0.304. The molecule has 0 saturated heterocycles. The SMILES string of the molecule is CC1=CC2C=C(C(=O)O)C=CC2N1C. The van der Waals surface area contributed by atoms with Crippen molar-refractivity contribution in [2.45, 2.75) is 13.0 Å². The van der Waals surface area contributed by atoms with Crippen LogP contribution in [0, 0.1) is 5.92 Å². The standard InChI is InChI=1S/C11H13NO2/c1-7-5-9-6-8(11(13)14)3-4-10(9)12(7)2/h3-6,9-10H,1-2H3,(H,13,14). The smallest absolute Gasteiger partial charge is 0.335 e. The molecule has 2 rings (SSSR count). The van der Waals surface area contributed by atoms with E-state index in [0.29, 0.717) is 11.6 Å². The number of nitrogens with zero attached hydrogens (tertiary/aromatic N) is 1. The molecule has 0 amide bonds. The maximum absolute atomic E-state index is 10.8. The summed E-state index contributed by atoms with van der Waals surface area (Å²) in [5.74, 6) is -0.628. The van der Waals surface area contributed by atoms with E-state index in [1.54, 1.807) is 6.08 Å². The van der Waals surface area contributed by atoms with E-state index >= 15 is 0 Å². The van der Waals surface area contributed by atoms with Crippen molar-refractivity contribution in [1.82, 2.24) is 4.90 Å². The van der Waals surface area contributed by atoms with Crippen LogP contribution in [0.2, 0.25) is 0 Å². The summed E-state index contributed by atoms with van der Waals surface area (Å²) in [6.07, 6.45) is 7.57. The molecule has 1 aliphatic heterocycles. The fourth-order valence-corrected chi connectivity index (χ4v) is 2.00. The summed E-state index contributed by atoms with van der Waals surface area (Å²) in [5.41, 5.74) is 1.60. The van der Waals surface area contributed by atoms with E-state index < -0.39 is 5.97 Å². The van der Waals surface area contributed by atoms with Gasteiger partial charge in [-0.2, -0.15) is 0 Å². The third-order valence-corrected chi connectivity index (χ3v) is 2.92. The number of carbonyl (C=O) groups is 1. The molecule has 1 N–H and O–H groups in total. The molecule has 0 saturated carbocycles. The molecule has 0 fully saturated rings. The van der Waals surface area contributed by atoms with Crippen LogP contribution in [0.25, 0.3) is 0 Å². The largest absolute Gasteiger partial charge is 0.478 e. The first-order valence-corrected chi connectivity index (χ1v) is 4.64. The number of likely N-dealkylation sites (N-methyl/N-ethyl adjacent to an activating group) is 1. The normalized spacial score (nSPS) is 29.7. The highest BCUT2D eigenvalue weighted by molar-refractivity contribution is 5.90. The zero-order valence-corrected chi connectivity index (χ0v) is 8.27. The van der Waals surface area contributed by atoms with Crippen LogP contribution in [-0.4, -0.2) is 29.1 Å². The highest BCUT2D eigenvalue weighted by Gasteiger charge is 2.29. The van der Waals surface area contributed by atoms with Gasteiger partial charge in [-0.15, -0.1) is 0 Å². The van der Waals surface area contributed by atoms with Crippen LogP contribution in [0.4, 0.5) is 0 Å². The molecule has 1 heterocycles. The number of fused-ring (bicyclic) bond motifs is 1. The summed E-state index contributed by atoms with van der Waals surface area (Å²) >= 11 is 0. The molecule has 2 aliphatic rings. The van der Waals surface area contributed by atoms with Gasteiger partial charge in [0, 0.05) is 18.7 Å². The highest BCUT2D eigenvalue weighted by Crippen LogP contribution is 2.31. The Morgan fingerprint density at radius 1 is 1.50 bits per heavy atom. The zero-order chi connectivity index (χ0) is 10.3. The lowest BCUT2D eigenvalue weighted by Gasteiger charge is -2.26. The monoisotopic (exact) mass is 191 g/mol. The van der Waals surface area contributed by atoms with Crippen LogP contribution in [0.3, 0.4) is 0 Å². The summed E-state index contributed by atoms with van der Waals surface area (Å²) in [5, 5.41) is 8.84. The summed E-state index contributed by atoms with van der Waals surface area (Å²) < 4.78 is 0. The van der Waals surface area contributed by atoms with Gasteiger partial charge in [0.15, 0.2) is 0 Å². The van der Waals surface area contributed by atoms with Crippen molar-refractivity contribution < 1.29 is 9.90 Å². The molecule has 1 aliphatic carbocycles. The number of carboxylic acid groups (broad SMARTS) is 1. The number of hydrogen-bond donors (Lipinski definition) is 1. The van der Waals surface area contributed by atoms with Crippen molar-refractivity contribution in [1.29, 1.82) is 0 Å².